The highest BCUT2D eigenvalue weighted by atomic mass is 14.9. The van der Waals surface area contributed by atoms with Crippen molar-refractivity contribution in [3.05, 3.63) is 23.8 Å². The molecule has 0 aliphatic heterocycles. The molecule has 15 heavy (non-hydrogen) atoms. The SMILES string of the molecule is NCc1c[nH]c2ncnc(C3CCC3)c12. The third kappa shape index (κ3) is 1.25. The largest absolute Gasteiger partial charge is 0.346 e. The summed E-state index contributed by atoms with van der Waals surface area (Å²) >= 11 is 0. The van der Waals surface area contributed by atoms with Gasteiger partial charge in [0.2, 0.25) is 0 Å². The van der Waals surface area contributed by atoms with Crippen molar-refractivity contribution in [3.63, 3.8) is 0 Å². The molecule has 0 unspecified atom stereocenters. The number of nitrogens with two attached hydrogens (primary N) is 1. The Morgan fingerprint density at radius 1 is 1.40 bits per heavy atom. The molecular weight excluding hydrogens is 188 g/mol. The Bertz CT molecular complexity index is 484. The Balaban J connectivity index is 2.21. The lowest BCUT2D eigenvalue weighted by Gasteiger charge is -2.25. The second-order valence-electron chi connectivity index (χ2n) is 4.13. The molecule has 3 N–H and O–H groups in total. The lowest BCUT2D eigenvalue weighted by molar-refractivity contribution is 0.413. The van der Waals surface area contributed by atoms with E-state index in [-0.39, 0.29) is 0 Å². The normalized spacial score (nSPS) is 16.9. The van der Waals surface area contributed by atoms with E-state index in [4.69, 9.17) is 5.73 Å². The van der Waals surface area contributed by atoms with E-state index >= 15 is 0 Å². The van der Waals surface area contributed by atoms with Crippen LogP contribution in [-0.4, -0.2) is 15.0 Å². The molecule has 1 aliphatic carbocycles. The van der Waals surface area contributed by atoms with Crippen LogP contribution in [0.1, 0.15) is 36.4 Å². The lowest BCUT2D eigenvalue weighted by atomic mass is 9.81. The number of rotatable bonds is 2. The molecule has 2 aromatic rings. The standard InChI is InChI=1S/C11H14N4/c12-4-8-5-13-11-9(8)10(14-6-15-11)7-2-1-3-7/h5-7H,1-4,12H2,(H,13,14,15). The maximum absolute atomic E-state index is 5.71. The summed E-state index contributed by atoms with van der Waals surface area (Å²) in [5, 5.41) is 1.16. The molecule has 0 aromatic carbocycles. The molecule has 78 valence electrons. The molecule has 3 rings (SSSR count). The van der Waals surface area contributed by atoms with Gasteiger partial charge in [-0.1, -0.05) is 6.42 Å². The average Bonchev–Trinajstić information content (AvgIpc) is 2.59. The van der Waals surface area contributed by atoms with E-state index in [1.165, 1.54) is 25.0 Å². The van der Waals surface area contributed by atoms with Gasteiger partial charge in [-0.15, -0.1) is 0 Å². The van der Waals surface area contributed by atoms with Crippen molar-refractivity contribution in [1.29, 1.82) is 0 Å². The number of aromatic nitrogens is 3. The van der Waals surface area contributed by atoms with E-state index < -0.39 is 0 Å². The van der Waals surface area contributed by atoms with Crippen LogP contribution < -0.4 is 5.73 Å². The van der Waals surface area contributed by atoms with Crippen LogP contribution in [0.3, 0.4) is 0 Å². The van der Waals surface area contributed by atoms with Gasteiger partial charge in [-0.25, -0.2) is 9.97 Å². The minimum atomic E-state index is 0.549. The van der Waals surface area contributed by atoms with E-state index in [0.29, 0.717) is 12.5 Å². The van der Waals surface area contributed by atoms with Crippen LogP contribution in [0.25, 0.3) is 11.0 Å². The van der Waals surface area contributed by atoms with Crippen LogP contribution in [0.5, 0.6) is 0 Å². The van der Waals surface area contributed by atoms with Crippen molar-refractivity contribution < 1.29 is 0 Å². The van der Waals surface area contributed by atoms with Gasteiger partial charge in [-0.2, -0.15) is 0 Å². The number of nitrogens with zero attached hydrogens (tertiary/aromatic N) is 2. The minimum absolute atomic E-state index is 0.549. The molecule has 0 atom stereocenters. The van der Waals surface area contributed by atoms with Crippen LogP contribution in [-0.2, 0) is 6.54 Å². The summed E-state index contributed by atoms with van der Waals surface area (Å²) in [6.07, 6.45) is 7.41. The highest BCUT2D eigenvalue weighted by Gasteiger charge is 2.24. The molecule has 0 amide bonds. The van der Waals surface area contributed by atoms with Gasteiger partial charge in [0, 0.05) is 24.0 Å². The van der Waals surface area contributed by atoms with Crippen LogP contribution >= 0.6 is 0 Å². The van der Waals surface area contributed by atoms with Crippen molar-refractivity contribution in [1.82, 2.24) is 15.0 Å². The zero-order valence-corrected chi connectivity index (χ0v) is 8.53. The lowest BCUT2D eigenvalue weighted by Crippen LogP contribution is -2.12. The fourth-order valence-electron chi connectivity index (χ4n) is 2.21. The second kappa shape index (κ2) is 3.31. The quantitative estimate of drug-likeness (QED) is 0.778. The van der Waals surface area contributed by atoms with Gasteiger partial charge < -0.3 is 10.7 Å². The summed E-state index contributed by atoms with van der Waals surface area (Å²) in [5.41, 5.74) is 8.96. The predicted molar refractivity (Wildman–Crippen MR) is 58.4 cm³/mol. The van der Waals surface area contributed by atoms with Gasteiger partial charge in [-0.05, 0) is 18.4 Å². The van der Waals surface area contributed by atoms with Gasteiger partial charge in [0.15, 0.2) is 0 Å². The van der Waals surface area contributed by atoms with Crippen LogP contribution in [0.2, 0.25) is 0 Å². The minimum Gasteiger partial charge on any atom is -0.346 e. The molecule has 0 radical (unpaired) electrons. The van der Waals surface area contributed by atoms with Crippen LogP contribution in [0.4, 0.5) is 0 Å². The number of fused-ring (bicyclic) bond motifs is 1. The van der Waals surface area contributed by atoms with Crippen molar-refractivity contribution in [2.75, 3.05) is 0 Å². The monoisotopic (exact) mass is 202 g/mol. The Morgan fingerprint density at radius 3 is 2.93 bits per heavy atom. The zero-order valence-electron chi connectivity index (χ0n) is 8.53. The number of nitrogens with one attached hydrogen (secondary N) is 1. The number of H-pyrrole nitrogens is 1. The van der Waals surface area contributed by atoms with Gasteiger partial charge in [0.1, 0.15) is 12.0 Å². The predicted octanol–water partition coefficient (Wildman–Crippen LogP) is 1.68. The van der Waals surface area contributed by atoms with E-state index in [9.17, 15) is 0 Å². The third-order valence-corrected chi connectivity index (χ3v) is 3.29. The number of hydrogen-bond acceptors (Lipinski definition) is 3. The first-order valence-corrected chi connectivity index (χ1v) is 5.41. The molecule has 0 saturated heterocycles. The second-order valence-corrected chi connectivity index (χ2v) is 4.13. The molecule has 4 nitrogen and oxygen atoms in total. The van der Waals surface area contributed by atoms with Crippen molar-refractivity contribution in [2.24, 2.45) is 5.73 Å². The number of aromatic amines is 1. The maximum Gasteiger partial charge on any atom is 0.141 e. The van der Waals surface area contributed by atoms with Crippen LogP contribution in [0.15, 0.2) is 12.5 Å². The zero-order chi connectivity index (χ0) is 10.3. The molecular formula is C11H14N4. The first-order chi connectivity index (χ1) is 7.40. The molecule has 0 spiro atoms. The third-order valence-electron chi connectivity index (χ3n) is 3.29. The Morgan fingerprint density at radius 2 is 2.27 bits per heavy atom. The summed E-state index contributed by atoms with van der Waals surface area (Å²) < 4.78 is 0. The summed E-state index contributed by atoms with van der Waals surface area (Å²) in [5.74, 6) is 0.622. The molecule has 2 heterocycles. The molecule has 2 aromatic heterocycles. The number of hydrogen-bond donors (Lipinski definition) is 2. The van der Waals surface area contributed by atoms with Crippen molar-refractivity contribution >= 4 is 11.0 Å². The fourth-order valence-corrected chi connectivity index (χ4v) is 2.21. The van der Waals surface area contributed by atoms with Crippen molar-refractivity contribution in [2.45, 2.75) is 31.7 Å². The fraction of sp³-hybridized carbons (Fsp3) is 0.455. The average molecular weight is 202 g/mol. The summed E-state index contributed by atoms with van der Waals surface area (Å²) in [6, 6.07) is 0. The summed E-state index contributed by atoms with van der Waals surface area (Å²) in [6.45, 7) is 0.549. The smallest absolute Gasteiger partial charge is 0.141 e. The van der Waals surface area contributed by atoms with Crippen molar-refractivity contribution in [3.8, 4) is 0 Å². The topological polar surface area (TPSA) is 67.6 Å². The van der Waals surface area contributed by atoms with E-state index in [2.05, 4.69) is 15.0 Å². The highest BCUT2D eigenvalue weighted by molar-refractivity contribution is 5.82. The molecule has 1 saturated carbocycles. The highest BCUT2D eigenvalue weighted by Crippen LogP contribution is 2.38. The Hall–Kier alpha value is -1.42. The van der Waals surface area contributed by atoms with E-state index in [0.717, 1.165) is 16.6 Å². The molecule has 1 aliphatic rings. The first-order valence-electron chi connectivity index (χ1n) is 5.41. The van der Waals surface area contributed by atoms with Gasteiger partial charge in [0.05, 0.1) is 5.69 Å². The van der Waals surface area contributed by atoms with Gasteiger partial charge in [-0.3, -0.25) is 0 Å². The van der Waals surface area contributed by atoms with E-state index in [1.807, 2.05) is 6.20 Å². The maximum atomic E-state index is 5.71. The molecule has 4 heteroatoms. The summed E-state index contributed by atoms with van der Waals surface area (Å²) in [4.78, 5) is 11.8. The molecule has 1 fully saturated rings. The van der Waals surface area contributed by atoms with Gasteiger partial charge >= 0.3 is 0 Å². The molecule has 0 bridgehead atoms. The first kappa shape index (κ1) is 8.85. The Kier molecular flexibility index (Phi) is 1.95. The van der Waals surface area contributed by atoms with Gasteiger partial charge in [0.25, 0.3) is 0 Å². The summed E-state index contributed by atoms with van der Waals surface area (Å²) in [7, 11) is 0. The van der Waals surface area contributed by atoms with E-state index in [1.54, 1.807) is 6.33 Å². The Labute approximate surface area is 87.9 Å². The van der Waals surface area contributed by atoms with Crippen LogP contribution in [0, 0.1) is 0 Å².